The Labute approximate surface area is 232 Å². The predicted octanol–water partition coefficient (Wildman–Crippen LogP) is 5.06. The van der Waals surface area contributed by atoms with E-state index in [1.165, 1.54) is 0 Å². The monoisotopic (exact) mass is 562 g/mol. The van der Waals surface area contributed by atoms with E-state index in [2.05, 4.69) is 30.3 Å². The van der Waals surface area contributed by atoms with Crippen molar-refractivity contribution in [1.82, 2.24) is 20.3 Å². The van der Waals surface area contributed by atoms with Crippen molar-refractivity contribution < 1.29 is 17.5 Å². The molecule has 2 aliphatic rings. The van der Waals surface area contributed by atoms with Crippen molar-refractivity contribution in [2.45, 2.75) is 38.4 Å². The predicted molar refractivity (Wildman–Crippen MR) is 154 cm³/mol. The zero-order valence-electron chi connectivity index (χ0n) is 22.1. The van der Waals surface area contributed by atoms with Crippen LogP contribution in [-0.4, -0.2) is 54.4 Å². The van der Waals surface area contributed by atoms with Gasteiger partial charge in [0.05, 0.1) is 22.7 Å². The molecule has 1 saturated heterocycles. The Morgan fingerprint density at radius 2 is 1.88 bits per heavy atom. The third-order valence-corrected chi connectivity index (χ3v) is 8.57. The molecule has 6 rings (SSSR count). The van der Waals surface area contributed by atoms with Crippen LogP contribution in [0.25, 0.3) is 22.0 Å². The molecule has 2 fully saturated rings. The molecule has 3 N–H and O–H groups in total. The third-order valence-electron chi connectivity index (χ3n) is 7.13. The van der Waals surface area contributed by atoms with Gasteiger partial charge in [-0.25, -0.2) is 27.8 Å². The van der Waals surface area contributed by atoms with Crippen molar-refractivity contribution >= 4 is 32.4 Å². The summed E-state index contributed by atoms with van der Waals surface area (Å²) in [7, 11) is -3.46. The number of ether oxygens (including phenoxy) is 1. The van der Waals surface area contributed by atoms with Gasteiger partial charge in [0.15, 0.2) is 0 Å². The second-order valence-electron chi connectivity index (χ2n) is 10.5. The lowest BCUT2D eigenvalue weighted by Crippen LogP contribution is -2.44. The Bertz CT molecular complexity index is 1650. The first-order valence-electron chi connectivity index (χ1n) is 13.4. The van der Waals surface area contributed by atoms with Gasteiger partial charge in [0.25, 0.3) is 0 Å². The highest BCUT2D eigenvalue weighted by molar-refractivity contribution is 7.92. The third kappa shape index (κ3) is 6.00. The van der Waals surface area contributed by atoms with Crippen molar-refractivity contribution in [1.29, 1.82) is 0 Å². The number of aryl methyl sites for hydroxylation is 1. The van der Waals surface area contributed by atoms with Crippen LogP contribution in [0.15, 0.2) is 60.9 Å². The van der Waals surface area contributed by atoms with Crippen LogP contribution in [0.4, 0.5) is 16.0 Å². The van der Waals surface area contributed by atoms with Gasteiger partial charge in [0.2, 0.25) is 21.9 Å². The van der Waals surface area contributed by atoms with Gasteiger partial charge in [-0.3, -0.25) is 4.72 Å². The van der Waals surface area contributed by atoms with Gasteiger partial charge >= 0.3 is 0 Å². The molecule has 0 bridgehead atoms. The van der Waals surface area contributed by atoms with Gasteiger partial charge in [0.1, 0.15) is 11.9 Å². The Morgan fingerprint density at radius 1 is 1.05 bits per heavy atom. The standard InChI is InChI=1S/C29H31FN6O3S/c1-18-13-26(36-40(37,38)17-19-8-9-19)22-5-2-3-6-23(22)27(18)39-28-24(7-4-11-32-28)25-10-12-33-29(35-25)34-21-14-20(30)15-31-16-21/h2-7,10-13,19-21,31,36H,8-9,14-17H2,1H3,(H,33,34,35). The molecule has 2 atom stereocenters. The number of halogens is 1. The molecule has 1 aliphatic heterocycles. The number of sulfonamides is 1. The van der Waals surface area contributed by atoms with Crippen LogP contribution >= 0.6 is 0 Å². The van der Waals surface area contributed by atoms with Crippen molar-refractivity contribution in [2.75, 3.05) is 28.9 Å². The number of hydrogen-bond donors (Lipinski definition) is 3. The molecular formula is C29H31FN6O3S. The smallest absolute Gasteiger partial charge is 0.233 e. The topological polar surface area (TPSA) is 118 Å². The van der Waals surface area contributed by atoms with Crippen molar-refractivity contribution in [3.63, 3.8) is 0 Å². The molecule has 2 aromatic heterocycles. The maximum Gasteiger partial charge on any atom is 0.233 e. The second-order valence-corrected chi connectivity index (χ2v) is 12.3. The van der Waals surface area contributed by atoms with Gasteiger partial charge in [-0.15, -0.1) is 0 Å². The fourth-order valence-corrected chi connectivity index (χ4v) is 6.58. The van der Waals surface area contributed by atoms with E-state index in [-0.39, 0.29) is 17.7 Å². The summed E-state index contributed by atoms with van der Waals surface area (Å²) in [5, 5.41) is 7.80. The van der Waals surface area contributed by atoms with E-state index in [4.69, 9.17) is 4.74 Å². The highest BCUT2D eigenvalue weighted by Crippen LogP contribution is 2.40. The molecule has 2 aromatic carbocycles. The summed E-state index contributed by atoms with van der Waals surface area (Å²) < 4.78 is 48.6. The van der Waals surface area contributed by atoms with Crippen LogP contribution in [0.2, 0.25) is 0 Å². The molecule has 4 aromatic rings. The average molecular weight is 563 g/mol. The first-order chi connectivity index (χ1) is 19.3. The van der Waals surface area contributed by atoms with Crippen LogP contribution in [0.5, 0.6) is 11.6 Å². The molecule has 208 valence electrons. The Balaban J connectivity index is 1.31. The summed E-state index contributed by atoms with van der Waals surface area (Å²) in [6.07, 6.45) is 4.69. The Hall–Kier alpha value is -3.83. The minimum Gasteiger partial charge on any atom is -0.437 e. The number of anilines is 2. The Kier molecular flexibility index (Phi) is 7.24. The quantitative estimate of drug-likeness (QED) is 0.259. The van der Waals surface area contributed by atoms with Gasteiger partial charge in [0, 0.05) is 48.7 Å². The molecule has 0 amide bonds. The number of pyridine rings is 1. The summed E-state index contributed by atoms with van der Waals surface area (Å²) in [6.45, 7) is 2.87. The van der Waals surface area contributed by atoms with Gasteiger partial charge in [-0.1, -0.05) is 24.3 Å². The number of benzene rings is 2. The van der Waals surface area contributed by atoms with E-state index in [1.807, 2.05) is 37.3 Å². The molecule has 0 radical (unpaired) electrons. The number of aromatic nitrogens is 3. The Morgan fingerprint density at radius 3 is 2.67 bits per heavy atom. The molecule has 2 unspecified atom stereocenters. The van der Waals surface area contributed by atoms with Crippen molar-refractivity contribution in [3.05, 3.63) is 66.5 Å². The SMILES string of the molecule is Cc1cc(NS(=O)(=O)CC2CC2)c2ccccc2c1Oc1ncccc1-c1ccnc(NC2CNCC(F)C2)n1. The second kappa shape index (κ2) is 11.0. The van der Waals surface area contributed by atoms with E-state index in [0.717, 1.165) is 29.2 Å². The van der Waals surface area contributed by atoms with Crippen LogP contribution in [0.3, 0.4) is 0 Å². The van der Waals surface area contributed by atoms with Gasteiger partial charge < -0.3 is 15.4 Å². The first kappa shape index (κ1) is 26.4. The molecule has 9 nitrogen and oxygen atoms in total. The van der Waals surface area contributed by atoms with E-state index in [9.17, 15) is 12.8 Å². The minimum atomic E-state index is -3.46. The fourth-order valence-electron chi connectivity index (χ4n) is 5.04. The maximum atomic E-state index is 13.8. The molecule has 0 spiro atoms. The van der Waals surface area contributed by atoms with Crippen molar-refractivity contribution in [3.8, 4) is 22.9 Å². The minimum absolute atomic E-state index is 0.113. The number of fused-ring (bicyclic) bond motifs is 1. The molecule has 1 aliphatic carbocycles. The molecular weight excluding hydrogens is 531 g/mol. The van der Waals surface area contributed by atoms with Crippen molar-refractivity contribution in [2.24, 2.45) is 5.92 Å². The van der Waals surface area contributed by atoms with Gasteiger partial charge in [-0.05, 0) is 55.5 Å². The molecule has 1 saturated carbocycles. The molecule has 40 heavy (non-hydrogen) atoms. The van der Waals surface area contributed by atoms with Crippen LogP contribution < -0.4 is 20.1 Å². The zero-order valence-corrected chi connectivity index (χ0v) is 22.9. The lowest BCUT2D eigenvalue weighted by atomic mass is 10.0. The van der Waals surface area contributed by atoms with E-state index in [1.54, 1.807) is 30.6 Å². The lowest BCUT2D eigenvalue weighted by molar-refractivity contribution is 0.254. The van der Waals surface area contributed by atoms with E-state index < -0.39 is 16.2 Å². The highest BCUT2D eigenvalue weighted by atomic mass is 32.2. The number of rotatable bonds is 9. The zero-order chi connectivity index (χ0) is 27.7. The first-order valence-corrected chi connectivity index (χ1v) is 15.1. The number of piperidine rings is 1. The van der Waals surface area contributed by atoms with E-state index in [0.29, 0.717) is 54.0 Å². The van der Waals surface area contributed by atoms with E-state index >= 15 is 0 Å². The lowest BCUT2D eigenvalue weighted by Gasteiger charge is -2.26. The highest BCUT2D eigenvalue weighted by Gasteiger charge is 2.28. The summed E-state index contributed by atoms with van der Waals surface area (Å²) >= 11 is 0. The normalized spacial score (nSPS) is 19.4. The largest absolute Gasteiger partial charge is 0.437 e. The number of nitrogens with one attached hydrogen (secondary N) is 3. The average Bonchev–Trinajstić information content (AvgIpc) is 3.74. The van der Waals surface area contributed by atoms with Crippen LogP contribution in [-0.2, 0) is 10.0 Å². The van der Waals surface area contributed by atoms with Crippen LogP contribution in [0, 0.1) is 12.8 Å². The summed E-state index contributed by atoms with van der Waals surface area (Å²) in [6, 6.07) is 14.7. The number of alkyl halides is 1. The van der Waals surface area contributed by atoms with Gasteiger partial charge in [-0.2, -0.15) is 0 Å². The summed E-state index contributed by atoms with van der Waals surface area (Å²) in [5.41, 5.74) is 2.56. The fraction of sp³-hybridized carbons (Fsp3) is 0.345. The number of nitrogens with zero attached hydrogens (tertiary/aromatic N) is 3. The summed E-state index contributed by atoms with van der Waals surface area (Å²) in [5.74, 6) is 1.71. The maximum absolute atomic E-state index is 13.8. The van der Waals surface area contributed by atoms with Crippen LogP contribution in [0.1, 0.15) is 24.8 Å². The summed E-state index contributed by atoms with van der Waals surface area (Å²) in [4.78, 5) is 13.5. The molecule has 11 heteroatoms. The number of hydrogen-bond acceptors (Lipinski definition) is 8. The molecule has 3 heterocycles.